The first-order valence-electron chi connectivity index (χ1n) is 6.80. The highest BCUT2D eigenvalue weighted by Crippen LogP contribution is 2.29. The minimum absolute atomic E-state index is 0.0333. The first-order chi connectivity index (χ1) is 10.7. The van der Waals surface area contributed by atoms with Crippen LogP contribution in [0.4, 0.5) is 10.7 Å². The van der Waals surface area contributed by atoms with E-state index >= 15 is 0 Å². The molecule has 0 saturated carbocycles. The van der Waals surface area contributed by atoms with E-state index in [9.17, 15) is 18.0 Å². The van der Waals surface area contributed by atoms with Gasteiger partial charge in [0.2, 0.25) is 5.95 Å². The number of rotatable bonds is 4. The minimum atomic E-state index is -4.21. The molecule has 2 amide bonds. The summed E-state index contributed by atoms with van der Waals surface area (Å²) < 4.78 is 26.1. The molecule has 1 heterocycles. The van der Waals surface area contributed by atoms with Crippen molar-refractivity contribution in [2.45, 2.75) is 33.1 Å². The predicted octanol–water partition coefficient (Wildman–Crippen LogP) is 1.07. The van der Waals surface area contributed by atoms with Gasteiger partial charge < -0.3 is 5.11 Å². The van der Waals surface area contributed by atoms with Gasteiger partial charge in [0.1, 0.15) is 0 Å². The van der Waals surface area contributed by atoms with Crippen molar-refractivity contribution in [1.82, 2.24) is 14.7 Å². The number of urea groups is 1. The van der Waals surface area contributed by atoms with Gasteiger partial charge in [0.25, 0.3) is 10.0 Å². The SMILES string of the molecule is Cc1cc(C)nc(NC(=O)NS(=O)(=O)C2=C(C(=O)O)CCC2)n1. The summed E-state index contributed by atoms with van der Waals surface area (Å²) in [7, 11) is -4.21. The molecule has 0 aliphatic heterocycles. The molecule has 10 heteroatoms. The number of amides is 2. The number of allylic oxidation sites excluding steroid dienone is 1. The molecule has 0 atom stereocenters. The number of aromatic nitrogens is 2. The summed E-state index contributed by atoms with van der Waals surface area (Å²) in [6.07, 6.45) is 0.664. The van der Waals surface area contributed by atoms with E-state index in [0.29, 0.717) is 17.8 Å². The van der Waals surface area contributed by atoms with Crippen molar-refractivity contribution in [3.05, 3.63) is 27.9 Å². The number of anilines is 1. The average Bonchev–Trinajstić information content (AvgIpc) is 2.86. The van der Waals surface area contributed by atoms with E-state index in [0.717, 1.165) is 0 Å². The van der Waals surface area contributed by atoms with Crippen LogP contribution in [0.5, 0.6) is 0 Å². The summed E-state index contributed by atoms with van der Waals surface area (Å²) in [6, 6.07) is 0.654. The molecule has 0 unspecified atom stereocenters. The molecule has 1 aliphatic carbocycles. The van der Waals surface area contributed by atoms with Crippen LogP contribution >= 0.6 is 0 Å². The van der Waals surface area contributed by atoms with E-state index in [4.69, 9.17) is 5.11 Å². The average molecular weight is 340 g/mol. The Labute approximate surface area is 132 Å². The Bertz CT molecular complexity index is 780. The zero-order chi connectivity index (χ0) is 17.2. The number of hydrogen-bond donors (Lipinski definition) is 3. The van der Waals surface area contributed by atoms with Crippen molar-refractivity contribution in [3.8, 4) is 0 Å². The normalized spacial score (nSPS) is 14.7. The molecular formula is C13H16N4O5S. The fraction of sp³-hybridized carbons (Fsp3) is 0.385. The Kier molecular flexibility index (Phi) is 4.64. The number of carbonyl (C=O) groups excluding carboxylic acids is 1. The number of aliphatic carboxylic acids is 1. The number of nitrogens with zero attached hydrogens (tertiary/aromatic N) is 2. The lowest BCUT2D eigenvalue weighted by atomic mass is 10.2. The molecule has 1 aromatic rings. The predicted molar refractivity (Wildman–Crippen MR) is 81.1 cm³/mol. The molecule has 9 nitrogen and oxygen atoms in total. The van der Waals surface area contributed by atoms with Gasteiger partial charge >= 0.3 is 12.0 Å². The van der Waals surface area contributed by atoms with Crippen LogP contribution in [0.1, 0.15) is 30.7 Å². The zero-order valence-corrected chi connectivity index (χ0v) is 13.4. The Morgan fingerprint density at radius 3 is 2.35 bits per heavy atom. The molecule has 1 aliphatic rings. The van der Waals surface area contributed by atoms with Crippen LogP contribution in [0.3, 0.4) is 0 Å². The van der Waals surface area contributed by atoms with Crippen LogP contribution < -0.4 is 10.0 Å². The van der Waals surface area contributed by atoms with E-state index in [2.05, 4.69) is 15.3 Å². The van der Waals surface area contributed by atoms with Gasteiger partial charge in [-0.2, -0.15) is 0 Å². The highest BCUT2D eigenvalue weighted by atomic mass is 32.2. The number of carboxylic acids is 1. The van der Waals surface area contributed by atoms with Gasteiger partial charge in [-0.3, -0.25) is 5.32 Å². The summed E-state index contributed by atoms with van der Waals surface area (Å²) in [5, 5.41) is 11.2. The van der Waals surface area contributed by atoms with Gasteiger partial charge in [-0.1, -0.05) is 0 Å². The number of nitrogens with one attached hydrogen (secondary N) is 2. The van der Waals surface area contributed by atoms with Crippen molar-refractivity contribution in [1.29, 1.82) is 0 Å². The second-order valence-corrected chi connectivity index (χ2v) is 6.80. The first kappa shape index (κ1) is 16.9. The minimum Gasteiger partial charge on any atom is -0.478 e. The van der Waals surface area contributed by atoms with Crippen molar-refractivity contribution >= 4 is 28.0 Å². The van der Waals surface area contributed by atoms with E-state index in [-0.39, 0.29) is 29.3 Å². The fourth-order valence-corrected chi connectivity index (χ4v) is 3.68. The molecule has 124 valence electrons. The van der Waals surface area contributed by atoms with Crippen LogP contribution in [-0.4, -0.2) is 35.5 Å². The van der Waals surface area contributed by atoms with Crippen molar-refractivity contribution < 1.29 is 23.1 Å². The fourth-order valence-electron chi connectivity index (χ4n) is 2.33. The lowest BCUT2D eigenvalue weighted by Gasteiger charge is -2.10. The van der Waals surface area contributed by atoms with E-state index in [1.165, 1.54) is 0 Å². The van der Waals surface area contributed by atoms with Crippen molar-refractivity contribution in [3.63, 3.8) is 0 Å². The van der Waals surface area contributed by atoms with Gasteiger partial charge in [0.05, 0.1) is 10.5 Å². The lowest BCUT2D eigenvalue weighted by Crippen LogP contribution is -2.36. The number of carbonyl (C=O) groups is 2. The van der Waals surface area contributed by atoms with E-state index in [1.807, 2.05) is 0 Å². The summed E-state index contributed by atoms with van der Waals surface area (Å²) in [5.41, 5.74) is 1.04. The van der Waals surface area contributed by atoms with Crippen molar-refractivity contribution in [2.75, 3.05) is 5.32 Å². The van der Waals surface area contributed by atoms with Gasteiger partial charge in [-0.25, -0.2) is 32.7 Å². The van der Waals surface area contributed by atoms with Gasteiger partial charge in [-0.05, 0) is 39.2 Å². The van der Waals surface area contributed by atoms with Gasteiger partial charge in [0, 0.05) is 11.4 Å². The molecule has 1 aromatic heterocycles. The molecule has 0 radical (unpaired) electrons. The molecule has 0 saturated heterocycles. The maximum atomic E-state index is 12.1. The molecular weight excluding hydrogens is 324 g/mol. The van der Waals surface area contributed by atoms with Crippen LogP contribution in [0.15, 0.2) is 16.5 Å². The maximum Gasteiger partial charge on any atom is 0.335 e. The highest BCUT2D eigenvalue weighted by Gasteiger charge is 2.31. The quantitative estimate of drug-likeness (QED) is 0.745. The number of carboxylic acid groups (broad SMARTS) is 1. The Morgan fingerprint density at radius 1 is 1.17 bits per heavy atom. The van der Waals surface area contributed by atoms with Crippen molar-refractivity contribution in [2.24, 2.45) is 0 Å². The molecule has 0 spiro atoms. The molecule has 3 N–H and O–H groups in total. The molecule has 2 rings (SSSR count). The number of sulfonamides is 1. The van der Waals surface area contributed by atoms with Crippen LogP contribution in [0, 0.1) is 13.8 Å². The summed E-state index contributed by atoms with van der Waals surface area (Å²) in [4.78, 5) is 30.5. The second kappa shape index (κ2) is 6.32. The Morgan fingerprint density at radius 2 is 1.78 bits per heavy atom. The monoisotopic (exact) mass is 340 g/mol. The standard InChI is InChI=1S/C13H16N4O5S/c1-7-6-8(2)15-12(14-7)16-13(20)17-23(21,22)10-5-3-4-9(10)11(18)19/h6H,3-5H2,1-2H3,(H,18,19)(H2,14,15,16,17,20). The van der Waals surface area contributed by atoms with Crippen LogP contribution in [-0.2, 0) is 14.8 Å². The molecule has 0 bridgehead atoms. The van der Waals surface area contributed by atoms with Crippen LogP contribution in [0.2, 0.25) is 0 Å². The highest BCUT2D eigenvalue weighted by molar-refractivity contribution is 7.94. The third-order valence-electron chi connectivity index (χ3n) is 3.18. The largest absolute Gasteiger partial charge is 0.478 e. The molecule has 0 fully saturated rings. The summed E-state index contributed by atoms with van der Waals surface area (Å²) in [5.74, 6) is -1.32. The third-order valence-corrected chi connectivity index (χ3v) is 4.74. The molecule has 0 aromatic carbocycles. The smallest absolute Gasteiger partial charge is 0.335 e. The molecule has 23 heavy (non-hydrogen) atoms. The van der Waals surface area contributed by atoms with Crippen LogP contribution in [0.25, 0.3) is 0 Å². The maximum absolute atomic E-state index is 12.1. The second-order valence-electron chi connectivity index (χ2n) is 5.09. The Balaban J connectivity index is 2.16. The van der Waals surface area contributed by atoms with E-state index in [1.54, 1.807) is 24.6 Å². The summed E-state index contributed by atoms with van der Waals surface area (Å²) >= 11 is 0. The zero-order valence-electron chi connectivity index (χ0n) is 12.6. The summed E-state index contributed by atoms with van der Waals surface area (Å²) in [6.45, 7) is 3.41. The third kappa shape index (κ3) is 4.03. The number of hydrogen-bond acceptors (Lipinski definition) is 6. The van der Waals surface area contributed by atoms with Gasteiger partial charge in [0.15, 0.2) is 0 Å². The lowest BCUT2D eigenvalue weighted by molar-refractivity contribution is -0.132. The Hall–Kier alpha value is -2.49. The topological polar surface area (TPSA) is 138 Å². The van der Waals surface area contributed by atoms with E-state index < -0.39 is 22.0 Å². The van der Waals surface area contributed by atoms with Gasteiger partial charge in [-0.15, -0.1) is 0 Å². The first-order valence-corrected chi connectivity index (χ1v) is 8.29. The number of aryl methyl sites for hydroxylation is 2.